The molecule has 1 atom stereocenters. The van der Waals surface area contributed by atoms with Crippen molar-refractivity contribution in [2.45, 2.75) is 30.3 Å². The van der Waals surface area contributed by atoms with Crippen molar-refractivity contribution in [2.75, 3.05) is 19.0 Å². The minimum atomic E-state index is -0.593. The van der Waals surface area contributed by atoms with Crippen molar-refractivity contribution in [3.05, 3.63) is 100 Å². The first kappa shape index (κ1) is 23.7. The highest BCUT2D eigenvalue weighted by molar-refractivity contribution is 8.00. The highest BCUT2D eigenvalue weighted by Crippen LogP contribution is 2.35. The first-order valence-electron chi connectivity index (χ1n) is 11.1. The summed E-state index contributed by atoms with van der Waals surface area (Å²) < 4.78 is 6.84. The summed E-state index contributed by atoms with van der Waals surface area (Å²) in [6.45, 7) is 2.98. The number of hydrogen-bond acceptors (Lipinski definition) is 5. The molecule has 0 bridgehead atoms. The van der Waals surface area contributed by atoms with Crippen LogP contribution in [0.2, 0.25) is 0 Å². The Morgan fingerprint density at radius 3 is 2.47 bits per heavy atom. The molecular weight excluding hydrogens is 446 g/mol. The van der Waals surface area contributed by atoms with Gasteiger partial charge in [0.05, 0.1) is 10.9 Å². The first-order chi connectivity index (χ1) is 16.6. The number of ether oxygens (including phenoxy) is 1. The predicted molar refractivity (Wildman–Crippen MR) is 137 cm³/mol. The topological polar surface area (TPSA) is 73.2 Å². The van der Waals surface area contributed by atoms with Gasteiger partial charge in [-0.25, -0.2) is 4.98 Å². The Hall–Kier alpha value is -3.42. The zero-order valence-electron chi connectivity index (χ0n) is 19.2. The van der Waals surface area contributed by atoms with Crippen LogP contribution in [-0.2, 0) is 16.1 Å². The molecule has 4 rings (SSSR count). The number of amides is 1. The lowest BCUT2D eigenvalue weighted by Crippen LogP contribution is -2.26. The van der Waals surface area contributed by atoms with E-state index in [1.54, 1.807) is 17.7 Å². The van der Waals surface area contributed by atoms with Crippen molar-refractivity contribution in [3.63, 3.8) is 0 Å². The highest BCUT2D eigenvalue weighted by atomic mass is 32.2. The third-order valence-electron chi connectivity index (χ3n) is 5.44. The smallest absolute Gasteiger partial charge is 0.262 e. The van der Waals surface area contributed by atoms with Gasteiger partial charge in [0.25, 0.3) is 5.56 Å². The Balaban J connectivity index is 1.73. The van der Waals surface area contributed by atoms with Gasteiger partial charge in [0.15, 0.2) is 5.16 Å². The lowest BCUT2D eigenvalue weighted by molar-refractivity contribution is -0.115. The van der Waals surface area contributed by atoms with Crippen LogP contribution in [0.4, 0.5) is 5.69 Å². The molecule has 0 saturated carbocycles. The van der Waals surface area contributed by atoms with E-state index < -0.39 is 5.25 Å². The molecule has 0 aliphatic rings. The van der Waals surface area contributed by atoms with Gasteiger partial charge in [0, 0.05) is 25.9 Å². The second-order valence-corrected chi connectivity index (χ2v) is 9.05. The maximum Gasteiger partial charge on any atom is 0.262 e. The fourth-order valence-corrected chi connectivity index (χ4v) is 4.78. The van der Waals surface area contributed by atoms with Crippen LogP contribution in [-0.4, -0.2) is 29.2 Å². The van der Waals surface area contributed by atoms with Gasteiger partial charge in [0.1, 0.15) is 5.25 Å². The van der Waals surface area contributed by atoms with Crippen molar-refractivity contribution in [1.82, 2.24) is 9.55 Å². The van der Waals surface area contributed by atoms with E-state index >= 15 is 0 Å². The van der Waals surface area contributed by atoms with E-state index in [1.807, 2.05) is 79.7 Å². The summed E-state index contributed by atoms with van der Waals surface area (Å²) >= 11 is 1.28. The van der Waals surface area contributed by atoms with Crippen LogP contribution < -0.4 is 10.9 Å². The molecule has 0 aliphatic carbocycles. The average molecular weight is 474 g/mol. The normalized spacial score (nSPS) is 11.9. The molecule has 1 aromatic heterocycles. The molecule has 0 spiro atoms. The van der Waals surface area contributed by atoms with Crippen LogP contribution in [0.3, 0.4) is 0 Å². The molecule has 7 heteroatoms. The molecule has 4 aromatic rings. The third kappa shape index (κ3) is 5.55. The summed E-state index contributed by atoms with van der Waals surface area (Å²) in [5.74, 6) is -0.175. The standard InChI is InChI=1S/C27H27N3O3S/c1-19-13-15-21(16-14-19)28-25(31)24(20-9-4-3-5-10-20)34-27-29-23-12-7-6-11-22(23)26(32)30(27)17-8-18-33-2/h3-7,9-16,24H,8,17-18H2,1-2H3,(H,28,31). The quantitative estimate of drug-likeness (QED) is 0.205. The molecule has 0 saturated heterocycles. The summed E-state index contributed by atoms with van der Waals surface area (Å²) in [4.78, 5) is 31.6. The Morgan fingerprint density at radius 1 is 1.03 bits per heavy atom. The predicted octanol–water partition coefficient (Wildman–Crippen LogP) is 5.21. The van der Waals surface area contributed by atoms with Crippen molar-refractivity contribution < 1.29 is 9.53 Å². The lowest BCUT2D eigenvalue weighted by atomic mass is 10.1. The van der Waals surface area contributed by atoms with Gasteiger partial charge < -0.3 is 10.1 Å². The van der Waals surface area contributed by atoms with E-state index in [4.69, 9.17) is 9.72 Å². The Labute approximate surface area is 203 Å². The SMILES string of the molecule is COCCCn1c(SC(C(=O)Nc2ccc(C)cc2)c2ccccc2)nc2ccccc2c1=O. The molecule has 0 fully saturated rings. The van der Waals surface area contributed by atoms with Crippen LogP contribution in [0.25, 0.3) is 10.9 Å². The van der Waals surface area contributed by atoms with Crippen molar-refractivity contribution in [3.8, 4) is 0 Å². The third-order valence-corrected chi connectivity index (χ3v) is 6.68. The Kier molecular flexibility index (Phi) is 7.77. The van der Waals surface area contributed by atoms with E-state index in [9.17, 15) is 9.59 Å². The number of aromatic nitrogens is 2. The summed E-state index contributed by atoms with van der Waals surface area (Å²) in [7, 11) is 1.64. The number of nitrogens with one attached hydrogen (secondary N) is 1. The molecule has 1 N–H and O–H groups in total. The first-order valence-corrected chi connectivity index (χ1v) is 12.0. The second kappa shape index (κ2) is 11.1. The Bertz CT molecular complexity index is 1320. The van der Waals surface area contributed by atoms with Crippen LogP contribution in [0.1, 0.15) is 22.8 Å². The Morgan fingerprint density at radius 2 is 1.74 bits per heavy atom. The lowest BCUT2D eigenvalue weighted by Gasteiger charge is -2.19. The monoisotopic (exact) mass is 473 g/mol. The number of benzene rings is 3. The van der Waals surface area contributed by atoms with Gasteiger partial charge in [-0.05, 0) is 43.2 Å². The number of nitrogens with zero attached hydrogens (tertiary/aromatic N) is 2. The number of anilines is 1. The molecule has 34 heavy (non-hydrogen) atoms. The summed E-state index contributed by atoms with van der Waals surface area (Å²) in [5.41, 5.74) is 3.18. The number of aryl methyl sites for hydroxylation is 1. The fraction of sp³-hybridized carbons (Fsp3) is 0.222. The van der Waals surface area contributed by atoms with Crippen LogP contribution in [0, 0.1) is 6.92 Å². The number of methoxy groups -OCH3 is 1. The second-order valence-electron chi connectivity index (χ2n) is 7.98. The van der Waals surface area contributed by atoms with Gasteiger partial charge in [-0.3, -0.25) is 14.2 Å². The molecule has 1 heterocycles. The molecule has 0 radical (unpaired) electrons. The number of para-hydroxylation sites is 1. The molecule has 174 valence electrons. The zero-order chi connectivity index (χ0) is 23.9. The minimum Gasteiger partial charge on any atom is -0.385 e. The molecule has 1 unspecified atom stereocenters. The number of fused-ring (bicyclic) bond motifs is 1. The summed E-state index contributed by atoms with van der Waals surface area (Å²) in [6, 6.07) is 24.5. The average Bonchev–Trinajstić information content (AvgIpc) is 2.86. The van der Waals surface area contributed by atoms with Gasteiger partial charge >= 0.3 is 0 Å². The fourth-order valence-electron chi connectivity index (χ4n) is 3.65. The number of rotatable bonds is 9. The van der Waals surface area contributed by atoms with E-state index in [0.29, 0.717) is 35.6 Å². The van der Waals surface area contributed by atoms with Gasteiger partial charge in [-0.1, -0.05) is 71.9 Å². The summed E-state index contributed by atoms with van der Waals surface area (Å²) in [6.07, 6.45) is 0.662. The van der Waals surface area contributed by atoms with E-state index in [1.165, 1.54) is 11.8 Å². The minimum absolute atomic E-state index is 0.116. The van der Waals surface area contributed by atoms with Gasteiger partial charge in [-0.15, -0.1) is 0 Å². The maximum atomic E-state index is 13.5. The van der Waals surface area contributed by atoms with Gasteiger partial charge in [0.2, 0.25) is 5.91 Å². The van der Waals surface area contributed by atoms with Crippen LogP contribution in [0.15, 0.2) is 88.8 Å². The molecule has 3 aromatic carbocycles. The van der Waals surface area contributed by atoms with Crippen molar-refractivity contribution in [2.24, 2.45) is 0 Å². The maximum absolute atomic E-state index is 13.5. The number of hydrogen-bond donors (Lipinski definition) is 1. The van der Waals surface area contributed by atoms with Gasteiger partial charge in [-0.2, -0.15) is 0 Å². The number of carbonyl (C=O) groups is 1. The summed E-state index contributed by atoms with van der Waals surface area (Å²) in [5, 5.41) is 3.49. The number of thioether (sulfide) groups is 1. The van der Waals surface area contributed by atoms with Crippen LogP contribution >= 0.6 is 11.8 Å². The van der Waals surface area contributed by atoms with Crippen molar-refractivity contribution >= 4 is 34.3 Å². The molecule has 1 amide bonds. The number of carbonyl (C=O) groups excluding carboxylic acids is 1. The highest BCUT2D eigenvalue weighted by Gasteiger charge is 2.25. The van der Waals surface area contributed by atoms with E-state index in [2.05, 4.69) is 5.32 Å². The van der Waals surface area contributed by atoms with Crippen LogP contribution in [0.5, 0.6) is 0 Å². The molecule has 6 nitrogen and oxygen atoms in total. The molecular formula is C27H27N3O3S. The van der Waals surface area contributed by atoms with E-state index in [0.717, 1.165) is 16.8 Å². The zero-order valence-corrected chi connectivity index (χ0v) is 20.0. The van der Waals surface area contributed by atoms with E-state index in [-0.39, 0.29) is 11.5 Å². The largest absolute Gasteiger partial charge is 0.385 e. The van der Waals surface area contributed by atoms with Crippen molar-refractivity contribution in [1.29, 1.82) is 0 Å². The molecule has 0 aliphatic heterocycles.